The molecule has 1 rings (SSSR count). The molecule has 0 saturated carbocycles. The third kappa shape index (κ3) is 5.26. The number of ether oxygens (including phenoxy) is 1. The average Bonchev–Trinajstić information content (AvgIpc) is 2.35. The van der Waals surface area contributed by atoms with Crippen molar-refractivity contribution in [2.75, 3.05) is 6.67 Å². The molecule has 20 heavy (non-hydrogen) atoms. The van der Waals surface area contributed by atoms with Crippen LogP contribution in [0.3, 0.4) is 0 Å². The van der Waals surface area contributed by atoms with Gasteiger partial charge in [0.2, 0.25) is 0 Å². The fraction of sp³-hybridized carbons (Fsp3) is 0.429. The van der Waals surface area contributed by atoms with E-state index in [0.717, 1.165) is 0 Å². The van der Waals surface area contributed by atoms with Crippen LogP contribution >= 0.6 is 0 Å². The topological polar surface area (TPSA) is 70.9 Å². The second-order valence-electron chi connectivity index (χ2n) is 5.26. The van der Waals surface area contributed by atoms with Crippen LogP contribution < -0.4 is 5.32 Å². The van der Waals surface area contributed by atoms with E-state index >= 15 is 0 Å². The third-order valence-electron chi connectivity index (χ3n) is 2.39. The highest BCUT2D eigenvalue weighted by Crippen LogP contribution is 2.16. The molecule has 1 aromatic rings. The van der Waals surface area contributed by atoms with Crippen LogP contribution in [0.1, 0.15) is 37.9 Å². The van der Waals surface area contributed by atoms with E-state index in [0.29, 0.717) is 11.1 Å². The van der Waals surface area contributed by atoms with E-state index in [-0.39, 0.29) is 0 Å². The number of benzene rings is 1. The Kier molecular flexibility index (Phi) is 5.49. The first kappa shape index (κ1) is 15.9. The van der Waals surface area contributed by atoms with Crippen molar-refractivity contribution in [2.24, 2.45) is 5.16 Å². The van der Waals surface area contributed by atoms with E-state index in [2.05, 4.69) is 10.5 Å². The monoisotopic (exact) mass is 282 g/mol. The number of oxime groups is 1. The van der Waals surface area contributed by atoms with Gasteiger partial charge in [-0.1, -0.05) is 29.4 Å². The Labute approximate surface area is 117 Å². The van der Waals surface area contributed by atoms with E-state index in [1.54, 1.807) is 45.0 Å². The Morgan fingerprint density at radius 3 is 2.50 bits per heavy atom. The third-order valence-corrected chi connectivity index (χ3v) is 2.39. The first-order valence-corrected chi connectivity index (χ1v) is 6.18. The van der Waals surface area contributed by atoms with Gasteiger partial charge in [0.1, 0.15) is 12.3 Å². The lowest BCUT2D eigenvalue weighted by Gasteiger charge is -2.22. The predicted octanol–water partition coefficient (Wildman–Crippen LogP) is 3.03. The second-order valence-corrected chi connectivity index (χ2v) is 5.26. The Morgan fingerprint density at radius 1 is 1.45 bits per heavy atom. The van der Waals surface area contributed by atoms with Gasteiger partial charge in [-0.25, -0.2) is 9.18 Å². The predicted molar refractivity (Wildman–Crippen MR) is 73.9 cm³/mol. The van der Waals surface area contributed by atoms with E-state index in [1.807, 2.05) is 0 Å². The highest BCUT2D eigenvalue weighted by molar-refractivity contribution is 5.79. The summed E-state index contributed by atoms with van der Waals surface area (Å²) in [7, 11) is 0. The van der Waals surface area contributed by atoms with Crippen LogP contribution in [0.25, 0.3) is 0 Å². The second kappa shape index (κ2) is 6.88. The molecule has 0 heterocycles. The number of alkyl carbamates (subject to hydrolysis) is 1. The molecule has 0 bridgehead atoms. The number of alkyl halides is 1. The fourth-order valence-electron chi connectivity index (χ4n) is 1.54. The summed E-state index contributed by atoms with van der Waals surface area (Å²) in [4.78, 5) is 11.6. The Balaban J connectivity index is 2.73. The van der Waals surface area contributed by atoms with Gasteiger partial charge >= 0.3 is 6.09 Å². The number of hydrogen-bond acceptors (Lipinski definition) is 4. The Bertz CT molecular complexity index is 466. The van der Waals surface area contributed by atoms with Crippen LogP contribution in [0.2, 0.25) is 0 Å². The SMILES string of the molecule is CC(C)(C)OC(=O)NC(CF)c1ccc(/C=N/O)cc1. The van der Waals surface area contributed by atoms with Crippen LogP contribution in [0.5, 0.6) is 0 Å². The van der Waals surface area contributed by atoms with Crippen LogP contribution in [0.15, 0.2) is 29.4 Å². The first-order chi connectivity index (χ1) is 9.35. The molecule has 1 aromatic carbocycles. The molecule has 1 unspecified atom stereocenters. The zero-order chi connectivity index (χ0) is 15.2. The van der Waals surface area contributed by atoms with E-state index < -0.39 is 24.4 Å². The van der Waals surface area contributed by atoms with Crippen molar-refractivity contribution in [3.63, 3.8) is 0 Å². The van der Waals surface area contributed by atoms with Crippen LogP contribution in [0, 0.1) is 0 Å². The van der Waals surface area contributed by atoms with Gasteiger partial charge in [0.25, 0.3) is 0 Å². The van der Waals surface area contributed by atoms with Crippen molar-refractivity contribution in [3.8, 4) is 0 Å². The Hall–Kier alpha value is -2.11. The molecular formula is C14H19FN2O3. The highest BCUT2D eigenvalue weighted by atomic mass is 19.1. The van der Waals surface area contributed by atoms with Crippen LogP contribution in [-0.4, -0.2) is 29.8 Å². The summed E-state index contributed by atoms with van der Waals surface area (Å²) in [6.07, 6.45) is 0.594. The molecule has 0 aliphatic rings. The highest BCUT2D eigenvalue weighted by Gasteiger charge is 2.20. The lowest BCUT2D eigenvalue weighted by atomic mass is 10.1. The molecule has 5 nitrogen and oxygen atoms in total. The largest absolute Gasteiger partial charge is 0.444 e. The zero-order valence-corrected chi connectivity index (χ0v) is 11.8. The average molecular weight is 282 g/mol. The molecule has 0 spiro atoms. The van der Waals surface area contributed by atoms with Gasteiger partial charge in [-0.3, -0.25) is 0 Å². The maximum Gasteiger partial charge on any atom is 0.408 e. The van der Waals surface area contributed by atoms with Crippen LogP contribution in [0.4, 0.5) is 9.18 Å². The molecule has 0 fully saturated rings. The summed E-state index contributed by atoms with van der Waals surface area (Å²) >= 11 is 0. The number of amides is 1. The van der Waals surface area contributed by atoms with Gasteiger partial charge in [-0.05, 0) is 31.9 Å². The smallest absolute Gasteiger partial charge is 0.408 e. The van der Waals surface area contributed by atoms with Crippen molar-refractivity contribution in [2.45, 2.75) is 32.4 Å². The minimum Gasteiger partial charge on any atom is -0.444 e. The number of nitrogens with one attached hydrogen (secondary N) is 1. The molecule has 110 valence electrons. The molecule has 1 amide bonds. The normalized spacial score (nSPS) is 13.2. The summed E-state index contributed by atoms with van der Waals surface area (Å²) in [6.45, 7) is 4.47. The van der Waals surface area contributed by atoms with Gasteiger partial charge in [-0.2, -0.15) is 0 Å². The molecule has 6 heteroatoms. The van der Waals surface area contributed by atoms with Gasteiger partial charge in [0, 0.05) is 0 Å². The molecular weight excluding hydrogens is 263 g/mol. The fourth-order valence-corrected chi connectivity index (χ4v) is 1.54. The lowest BCUT2D eigenvalue weighted by molar-refractivity contribution is 0.0495. The maximum absolute atomic E-state index is 13.0. The maximum atomic E-state index is 13.0. The molecule has 0 aromatic heterocycles. The van der Waals surface area contributed by atoms with E-state index in [1.165, 1.54) is 6.21 Å². The number of carbonyl (C=O) groups is 1. The summed E-state index contributed by atoms with van der Waals surface area (Å²) in [5, 5.41) is 13.8. The number of nitrogens with zero attached hydrogens (tertiary/aromatic N) is 1. The van der Waals surface area contributed by atoms with E-state index in [4.69, 9.17) is 9.94 Å². The molecule has 2 N–H and O–H groups in total. The van der Waals surface area contributed by atoms with Gasteiger partial charge in [-0.15, -0.1) is 0 Å². The molecule has 0 radical (unpaired) electrons. The minimum absolute atomic E-state index is 0.605. The number of carbonyl (C=O) groups excluding carboxylic acids is 1. The molecule has 0 saturated heterocycles. The summed E-state index contributed by atoms with van der Waals surface area (Å²) in [5.74, 6) is 0. The quantitative estimate of drug-likeness (QED) is 0.506. The van der Waals surface area contributed by atoms with Gasteiger partial charge in [0.15, 0.2) is 0 Å². The van der Waals surface area contributed by atoms with Crippen molar-refractivity contribution < 1.29 is 19.1 Å². The van der Waals surface area contributed by atoms with E-state index in [9.17, 15) is 9.18 Å². The molecule has 0 aliphatic heterocycles. The summed E-state index contributed by atoms with van der Waals surface area (Å²) < 4.78 is 18.1. The van der Waals surface area contributed by atoms with Crippen molar-refractivity contribution >= 4 is 12.3 Å². The van der Waals surface area contributed by atoms with Crippen molar-refractivity contribution in [1.29, 1.82) is 0 Å². The lowest BCUT2D eigenvalue weighted by Crippen LogP contribution is -2.35. The summed E-state index contributed by atoms with van der Waals surface area (Å²) in [6, 6.07) is 5.85. The van der Waals surface area contributed by atoms with Gasteiger partial charge in [0.05, 0.1) is 12.3 Å². The summed E-state index contributed by atoms with van der Waals surface area (Å²) in [5.41, 5.74) is 0.645. The minimum atomic E-state index is -0.773. The first-order valence-electron chi connectivity index (χ1n) is 6.18. The van der Waals surface area contributed by atoms with Crippen molar-refractivity contribution in [1.82, 2.24) is 5.32 Å². The van der Waals surface area contributed by atoms with Crippen LogP contribution in [-0.2, 0) is 4.74 Å². The standard InChI is InChI=1S/C14H19FN2O3/c1-14(2,3)20-13(18)17-12(8-15)11-6-4-10(5-7-11)9-16-19/h4-7,9,12,19H,8H2,1-3H3,(H,17,18)/b16-9+. The molecule has 0 aliphatic carbocycles. The molecule has 1 atom stereocenters. The number of halogens is 1. The number of rotatable bonds is 4. The van der Waals surface area contributed by atoms with Gasteiger partial charge < -0.3 is 15.3 Å². The van der Waals surface area contributed by atoms with Crippen molar-refractivity contribution in [3.05, 3.63) is 35.4 Å². The zero-order valence-electron chi connectivity index (χ0n) is 11.8. The number of hydrogen-bond donors (Lipinski definition) is 2. The Morgan fingerprint density at radius 2 is 2.05 bits per heavy atom.